The predicted molar refractivity (Wildman–Crippen MR) is 115 cm³/mol. The monoisotopic (exact) mass is 418 g/mol. The van der Waals surface area contributed by atoms with Gasteiger partial charge in [0.1, 0.15) is 5.82 Å². The van der Waals surface area contributed by atoms with E-state index in [1.807, 2.05) is 4.57 Å². The minimum absolute atomic E-state index is 0.0208. The Kier molecular flexibility index (Phi) is 7.33. The minimum atomic E-state index is -0.320. The number of nitrogens with zero attached hydrogens (tertiary/aromatic N) is 3. The van der Waals surface area contributed by atoms with Crippen LogP contribution in [0.5, 0.6) is 0 Å². The molecule has 1 aliphatic rings. The molecule has 1 saturated carbocycles. The second-order valence-electron chi connectivity index (χ2n) is 8.52. The Morgan fingerprint density at radius 1 is 1.28 bits per heavy atom. The van der Waals surface area contributed by atoms with E-state index in [1.54, 1.807) is 18.2 Å². The van der Waals surface area contributed by atoms with Gasteiger partial charge in [-0.2, -0.15) is 0 Å². The van der Waals surface area contributed by atoms with Crippen molar-refractivity contribution >= 4 is 17.7 Å². The quantitative estimate of drug-likeness (QED) is 0.658. The van der Waals surface area contributed by atoms with Crippen LogP contribution in [0.2, 0.25) is 0 Å². The third kappa shape index (κ3) is 5.38. The first-order chi connectivity index (χ1) is 13.9. The molecule has 5 nitrogen and oxygen atoms in total. The Morgan fingerprint density at radius 3 is 2.76 bits per heavy atom. The number of carbonyl (C=O) groups is 1. The molecule has 3 rings (SSSR count). The zero-order valence-corrected chi connectivity index (χ0v) is 18.5. The van der Waals surface area contributed by atoms with Gasteiger partial charge in [0, 0.05) is 12.6 Å². The molecule has 1 aromatic heterocycles. The highest BCUT2D eigenvalue weighted by Crippen LogP contribution is 2.30. The van der Waals surface area contributed by atoms with E-state index in [-0.39, 0.29) is 23.5 Å². The van der Waals surface area contributed by atoms with E-state index in [9.17, 15) is 9.18 Å². The Labute approximate surface area is 176 Å². The van der Waals surface area contributed by atoms with Gasteiger partial charge in [0.25, 0.3) is 0 Å². The number of rotatable bonds is 7. The Balaban J connectivity index is 1.70. The lowest BCUT2D eigenvalue weighted by Gasteiger charge is -2.34. The molecule has 0 spiro atoms. The Hall–Kier alpha value is -1.89. The molecule has 1 aliphatic carbocycles. The third-order valence-corrected chi connectivity index (χ3v) is 6.73. The van der Waals surface area contributed by atoms with Crippen molar-refractivity contribution < 1.29 is 9.18 Å². The largest absolute Gasteiger partial charge is 0.352 e. The Morgan fingerprint density at radius 2 is 2.03 bits per heavy atom. The minimum Gasteiger partial charge on any atom is -0.352 e. The van der Waals surface area contributed by atoms with Gasteiger partial charge in [-0.15, -0.1) is 10.2 Å². The van der Waals surface area contributed by atoms with Crippen LogP contribution in [-0.2, 0) is 11.3 Å². The van der Waals surface area contributed by atoms with Gasteiger partial charge in [0.15, 0.2) is 11.0 Å². The normalized spacial score (nSPS) is 22.1. The number of benzene rings is 1. The summed E-state index contributed by atoms with van der Waals surface area (Å²) in [6.07, 6.45) is 3.45. The number of nitrogens with one attached hydrogen (secondary N) is 1. The van der Waals surface area contributed by atoms with Crippen LogP contribution in [0.15, 0.2) is 29.4 Å². The van der Waals surface area contributed by atoms with Gasteiger partial charge in [-0.25, -0.2) is 4.39 Å². The number of amides is 1. The van der Waals surface area contributed by atoms with Gasteiger partial charge in [-0.05, 0) is 36.3 Å². The third-order valence-electron chi connectivity index (χ3n) is 5.76. The van der Waals surface area contributed by atoms with E-state index >= 15 is 0 Å². The maximum Gasteiger partial charge on any atom is 0.230 e. The van der Waals surface area contributed by atoms with E-state index < -0.39 is 0 Å². The van der Waals surface area contributed by atoms with Crippen molar-refractivity contribution in [3.05, 3.63) is 30.1 Å². The molecule has 158 valence electrons. The average Bonchev–Trinajstić information content (AvgIpc) is 3.06. The van der Waals surface area contributed by atoms with Crippen molar-refractivity contribution in [2.24, 2.45) is 17.8 Å². The summed E-state index contributed by atoms with van der Waals surface area (Å²) in [5.74, 6) is 1.97. The molecule has 7 heteroatoms. The summed E-state index contributed by atoms with van der Waals surface area (Å²) < 4.78 is 16.2. The number of hydrogen-bond donors (Lipinski definition) is 1. The van der Waals surface area contributed by atoms with Crippen LogP contribution in [0, 0.1) is 23.6 Å². The van der Waals surface area contributed by atoms with E-state index in [0.717, 1.165) is 12.8 Å². The number of thioether (sulfide) groups is 1. The molecule has 3 atom stereocenters. The summed E-state index contributed by atoms with van der Waals surface area (Å²) in [6, 6.07) is 6.84. The molecule has 0 bridgehead atoms. The fourth-order valence-corrected chi connectivity index (χ4v) is 4.69. The van der Waals surface area contributed by atoms with Crippen LogP contribution in [0.25, 0.3) is 11.4 Å². The fourth-order valence-electron chi connectivity index (χ4n) is 3.93. The SMILES string of the molecule is CC(C)Cn1c(SCC(=O)N[C@H]2CCC[C@@H](C)[C@@H]2C)nnc1-c1ccccc1F. The average molecular weight is 419 g/mol. The lowest BCUT2D eigenvalue weighted by atomic mass is 9.78. The first-order valence-electron chi connectivity index (χ1n) is 10.5. The molecule has 0 aliphatic heterocycles. The molecule has 2 aromatic rings. The van der Waals surface area contributed by atoms with Gasteiger partial charge >= 0.3 is 0 Å². The molecule has 0 unspecified atom stereocenters. The summed E-state index contributed by atoms with van der Waals surface area (Å²) in [5.41, 5.74) is 0.432. The van der Waals surface area contributed by atoms with Gasteiger partial charge in [-0.1, -0.05) is 64.4 Å². The standard InChI is InChI=1S/C22H31FN4OS/c1-14(2)12-27-21(17-9-5-6-10-18(17)23)25-26-22(27)29-13-20(28)24-19-11-7-8-15(3)16(19)4/h5-6,9-10,14-16,19H,7-8,11-13H2,1-4H3,(H,24,28)/t15-,16+,19+/m1/s1. The van der Waals surface area contributed by atoms with Crippen LogP contribution in [0.3, 0.4) is 0 Å². The first kappa shape index (κ1) is 21.8. The van der Waals surface area contributed by atoms with Gasteiger partial charge < -0.3 is 9.88 Å². The second-order valence-corrected chi connectivity index (χ2v) is 9.46. The maximum atomic E-state index is 14.3. The van der Waals surface area contributed by atoms with Gasteiger partial charge in [-0.3, -0.25) is 4.79 Å². The fraction of sp³-hybridized carbons (Fsp3) is 0.591. The summed E-state index contributed by atoms with van der Waals surface area (Å²) in [6.45, 7) is 9.34. The zero-order chi connectivity index (χ0) is 21.0. The lowest BCUT2D eigenvalue weighted by molar-refractivity contribution is -0.120. The molecule has 1 N–H and O–H groups in total. The van der Waals surface area contributed by atoms with E-state index in [1.165, 1.54) is 24.2 Å². The summed E-state index contributed by atoms with van der Waals surface area (Å²) >= 11 is 1.36. The maximum absolute atomic E-state index is 14.3. The molecule has 29 heavy (non-hydrogen) atoms. The van der Waals surface area contributed by atoms with Crippen molar-refractivity contribution in [3.8, 4) is 11.4 Å². The molecule has 0 saturated heterocycles. The van der Waals surface area contributed by atoms with Crippen LogP contribution in [0.1, 0.15) is 47.0 Å². The molecule has 1 amide bonds. The predicted octanol–water partition coefficient (Wildman–Crippen LogP) is 4.77. The number of halogens is 1. The number of carbonyl (C=O) groups excluding carboxylic acids is 1. The molecule has 1 fully saturated rings. The van der Waals surface area contributed by atoms with Crippen LogP contribution in [-0.4, -0.2) is 32.5 Å². The van der Waals surface area contributed by atoms with Gasteiger partial charge in [0.2, 0.25) is 5.91 Å². The summed E-state index contributed by atoms with van der Waals surface area (Å²) in [7, 11) is 0. The lowest BCUT2D eigenvalue weighted by Crippen LogP contribution is -2.44. The Bertz CT molecular complexity index is 838. The number of hydrogen-bond acceptors (Lipinski definition) is 4. The van der Waals surface area contributed by atoms with Crippen molar-refractivity contribution in [1.29, 1.82) is 0 Å². The van der Waals surface area contributed by atoms with Crippen LogP contribution in [0.4, 0.5) is 4.39 Å². The van der Waals surface area contributed by atoms with Gasteiger partial charge in [0.05, 0.1) is 11.3 Å². The zero-order valence-electron chi connectivity index (χ0n) is 17.7. The van der Waals surface area contributed by atoms with Crippen molar-refractivity contribution in [1.82, 2.24) is 20.1 Å². The van der Waals surface area contributed by atoms with Crippen molar-refractivity contribution in [2.75, 3.05) is 5.75 Å². The van der Waals surface area contributed by atoms with E-state index in [2.05, 4.69) is 43.2 Å². The topological polar surface area (TPSA) is 59.8 Å². The highest BCUT2D eigenvalue weighted by Gasteiger charge is 2.28. The molecular formula is C22H31FN4OS. The van der Waals surface area contributed by atoms with Crippen molar-refractivity contribution in [2.45, 2.75) is 64.7 Å². The van der Waals surface area contributed by atoms with Crippen LogP contribution < -0.4 is 5.32 Å². The molecular weight excluding hydrogens is 387 g/mol. The summed E-state index contributed by atoms with van der Waals surface area (Å²) in [4.78, 5) is 12.6. The molecule has 1 heterocycles. The van der Waals surface area contributed by atoms with E-state index in [0.29, 0.717) is 40.8 Å². The highest BCUT2D eigenvalue weighted by molar-refractivity contribution is 7.99. The smallest absolute Gasteiger partial charge is 0.230 e. The second kappa shape index (κ2) is 9.74. The van der Waals surface area contributed by atoms with Crippen molar-refractivity contribution in [3.63, 3.8) is 0 Å². The first-order valence-corrected chi connectivity index (χ1v) is 11.5. The van der Waals surface area contributed by atoms with Crippen LogP contribution >= 0.6 is 11.8 Å². The number of aromatic nitrogens is 3. The summed E-state index contributed by atoms with van der Waals surface area (Å²) in [5, 5.41) is 12.3. The molecule has 0 radical (unpaired) electrons. The van der Waals surface area contributed by atoms with E-state index in [4.69, 9.17) is 0 Å². The highest BCUT2D eigenvalue weighted by atomic mass is 32.2. The molecule has 1 aromatic carbocycles.